The Morgan fingerprint density at radius 2 is 2.14 bits per heavy atom. The van der Waals surface area contributed by atoms with E-state index in [4.69, 9.17) is 4.74 Å². The molecule has 0 aliphatic carbocycles. The molecule has 0 bridgehead atoms. The van der Waals surface area contributed by atoms with Gasteiger partial charge in [0.05, 0.1) is 23.7 Å². The second kappa shape index (κ2) is 6.37. The van der Waals surface area contributed by atoms with Crippen LogP contribution in [0.1, 0.15) is 48.6 Å². The van der Waals surface area contributed by atoms with Crippen LogP contribution < -0.4 is 0 Å². The van der Waals surface area contributed by atoms with E-state index >= 15 is 0 Å². The van der Waals surface area contributed by atoms with Crippen LogP contribution in [0.2, 0.25) is 0 Å². The maximum absolute atomic E-state index is 12.6. The number of fused-ring (bicyclic) bond motifs is 1. The Morgan fingerprint density at radius 1 is 1.45 bits per heavy atom. The van der Waals surface area contributed by atoms with Gasteiger partial charge in [0, 0.05) is 31.3 Å². The highest BCUT2D eigenvalue weighted by molar-refractivity contribution is 7.90. The van der Waals surface area contributed by atoms with E-state index in [1.165, 1.54) is 11.2 Å². The number of carbonyl (C=O) groups is 1. The summed E-state index contributed by atoms with van der Waals surface area (Å²) in [6, 6.07) is 0. The van der Waals surface area contributed by atoms with Crippen LogP contribution in [0.25, 0.3) is 0 Å². The lowest BCUT2D eigenvalue weighted by Gasteiger charge is -2.26. The highest BCUT2D eigenvalue weighted by Crippen LogP contribution is 2.30. The highest BCUT2D eigenvalue weighted by Gasteiger charge is 2.31. The minimum absolute atomic E-state index is 0.0257. The SMILES string of the molecule is CCN(CCS(C)(=O)=O)C(=O)c1n[nH]c2c1C[C@H](C)O[C@@H]2C. The lowest BCUT2D eigenvalue weighted by molar-refractivity contribution is -0.00701. The third kappa shape index (κ3) is 3.67. The first-order chi connectivity index (χ1) is 10.2. The number of hydrogen-bond acceptors (Lipinski definition) is 5. The van der Waals surface area contributed by atoms with E-state index in [2.05, 4.69) is 10.2 Å². The zero-order valence-corrected chi connectivity index (χ0v) is 14.2. The van der Waals surface area contributed by atoms with Gasteiger partial charge in [-0.2, -0.15) is 5.10 Å². The molecule has 0 saturated heterocycles. The van der Waals surface area contributed by atoms with Gasteiger partial charge in [0.25, 0.3) is 5.91 Å². The summed E-state index contributed by atoms with van der Waals surface area (Å²) in [5, 5.41) is 7.04. The molecule has 22 heavy (non-hydrogen) atoms. The van der Waals surface area contributed by atoms with E-state index in [1.54, 1.807) is 0 Å². The molecular formula is C14H23N3O4S. The fourth-order valence-electron chi connectivity index (χ4n) is 2.68. The number of nitrogens with zero attached hydrogens (tertiary/aromatic N) is 2. The van der Waals surface area contributed by atoms with E-state index in [0.717, 1.165) is 11.3 Å². The molecule has 0 aromatic carbocycles. The van der Waals surface area contributed by atoms with Crippen LogP contribution in [0.15, 0.2) is 0 Å². The number of carbonyl (C=O) groups excluding carboxylic acids is 1. The van der Waals surface area contributed by atoms with Crippen LogP contribution in [0.5, 0.6) is 0 Å². The van der Waals surface area contributed by atoms with Crippen LogP contribution >= 0.6 is 0 Å². The summed E-state index contributed by atoms with van der Waals surface area (Å²) in [5.41, 5.74) is 2.10. The second-order valence-electron chi connectivity index (χ2n) is 5.77. The molecule has 8 heteroatoms. The van der Waals surface area contributed by atoms with Crippen molar-refractivity contribution in [3.8, 4) is 0 Å². The van der Waals surface area contributed by atoms with Crippen LogP contribution in [0.4, 0.5) is 0 Å². The average Bonchev–Trinajstić information content (AvgIpc) is 2.81. The van der Waals surface area contributed by atoms with Crippen molar-refractivity contribution in [2.75, 3.05) is 25.1 Å². The Bertz CT molecular complexity index is 653. The number of aromatic amines is 1. The normalized spacial score (nSPS) is 21.5. The number of rotatable bonds is 5. The third-order valence-corrected chi connectivity index (χ3v) is 4.76. The second-order valence-corrected chi connectivity index (χ2v) is 8.03. The molecule has 0 unspecified atom stereocenters. The van der Waals surface area contributed by atoms with E-state index in [0.29, 0.717) is 18.7 Å². The van der Waals surface area contributed by atoms with Gasteiger partial charge in [0.2, 0.25) is 0 Å². The van der Waals surface area contributed by atoms with Crippen LogP contribution in [0, 0.1) is 0 Å². The summed E-state index contributed by atoms with van der Waals surface area (Å²) >= 11 is 0. The predicted octanol–water partition coefficient (Wildman–Crippen LogP) is 0.939. The number of H-pyrrole nitrogens is 1. The molecule has 2 rings (SSSR count). The molecule has 1 aliphatic heterocycles. The van der Waals surface area contributed by atoms with Gasteiger partial charge in [-0.15, -0.1) is 0 Å². The predicted molar refractivity (Wildman–Crippen MR) is 82.5 cm³/mol. The van der Waals surface area contributed by atoms with Crippen molar-refractivity contribution >= 4 is 15.7 Å². The zero-order valence-electron chi connectivity index (χ0n) is 13.4. The molecule has 0 spiro atoms. The highest BCUT2D eigenvalue weighted by atomic mass is 32.2. The van der Waals surface area contributed by atoms with Crippen LogP contribution in [-0.4, -0.2) is 60.6 Å². The molecule has 0 radical (unpaired) electrons. The number of amides is 1. The molecule has 1 amide bonds. The van der Waals surface area contributed by atoms with Crippen molar-refractivity contribution in [2.45, 2.75) is 39.4 Å². The van der Waals surface area contributed by atoms with Crippen molar-refractivity contribution in [3.63, 3.8) is 0 Å². The minimum Gasteiger partial charge on any atom is -0.369 e. The molecule has 1 aromatic heterocycles. The van der Waals surface area contributed by atoms with Gasteiger partial charge in [0.15, 0.2) is 5.69 Å². The molecule has 1 aromatic rings. The molecule has 7 nitrogen and oxygen atoms in total. The molecule has 0 saturated carbocycles. The Balaban J connectivity index is 2.22. The summed E-state index contributed by atoms with van der Waals surface area (Å²) in [6.07, 6.45) is 1.69. The van der Waals surface area contributed by atoms with E-state index in [-0.39, 0.29) is 30.4 Å². The van der Waals surface area contributed by atoms with Gasteiger partial charge in [0.1, 0.15) is 9.84 Å². The van der Waals surface area contributed by atoms with Gasteiger partial charge in [-0.05, 0) is 20.8 Å². The van der Waals surface area contributed by atoms with Crippen molar-refractivity contribution in [2.24, 2.45) is 0 Å². The third-order valence-electron chi connectivity index (χ3n) is 3.84. The Hall–Kier alpha value is -1.41. The molecule has 124 valence electrons. The summed E-state index contributed by atoms with van der Waals surface area (Å²) in [4.78, 5) is 14.2. The summed E-state index contributed by atoms with van der Waals surface area (Å²) in [5.74, 6) is -0.278. The fraction of sp³-hybridized carbons (Fsp3) is 0.714. The molecule has 2 heterocycles. The number of ether oxygens (including phenoxy) is 1. The van der Waals surface area contributed by atoms with Crippen molar-refractivity contribution in [1.29, 1.82) is 0 Å². The van der Waals surface area contributed by atoms with Gasteiger partial charge >= 0.3 is 0 Å². The number of nitrogens with one attached hydrogen (secondary N) is 1. The minimum atomic E-state index is -3.11. The first-order valence-corrected chi connectivity index (χ1v) is 9.48. The van der Waals surface area contributed by atoms with E-state index in [9.17, 15) is 13.2 Å². The smallest absolute Gasteiger partial charge is 0.274 e. The van der Waals surface area contributed by atoms with Crippen molar-refractivity contribution < 1.29 is 17.9 Å². The van der Waals surface area contributed by atoms with Gasteiger partial charge < -0.3 is 9.64 Å². The van der Waals surface area contributed by atoms with Crippen molar-refractivity contribution in [3.05, 3.63) is 17.0 Å². The summed E-state index contributed by atoms with van der Waals surface area (Å²) in [6.45, 7) is 6.33. The molecule has 1 N–H and O–H groups in total. The Morgan fingerprint density at radius 3 is 2.73 bits per heavy atom. The van der Waals surface area contributed by atoms with E-state index in [1.807, 2.05) is 20.8 Å². The zero-order chi connectivity index (χ0) is 16.5. The number of sulfone groups is 1. The van der Waals surface area contributed by atoms with E-state index < -0.39 is 9.84 Å². The number of aromatic nitrogens is 2. The average molecular weight is 329 g/mol. The fourth-order valence-corrected chi connectivity index (χ4v) is 3.23. The maximum Gasteiger partial charge on any atom is 0.274 e. The van der Waals surface area contributed by atoms with Crippen LogP contribution in [-0.2, 0) is 21.0 Å². The lowest BCUT2D eigenvalue weighted by Crippen LogP contribution is -2.36. The first kappa shape index (κ1) is 17.0. The maximum atomic E-state index is 12.6. The molecule has 1 aliphatic rings. The Labute approximate surface area is 130 Å². The summed E-state index contributed by atoms with van der Waals surface area (Å²) < 4.78 is 28.3. The molecule has 2 atom stereocenters. The lowest BCUT2D eigenvalue weighted by atomic mass is 9.99. The quantitative estimate of drug-likeness (QED) is 0.868. The van der Waals surface area contributed by atoms with Gasteiger partial charge in [-0.1, -0.05) is 0 Å². The van der Waals surface area contributed by atoms with Crippen LogP contribution in [0.3, 0.4) is 0 Å². The summed E-state index contributed by atoms with van der Waals surface area (Å²) in [7, 11) is -3.11. The topological polar surface area (TPSA) is 92.4 Å². The first-order valence-electron chi connectivity index (χ1n) is 7.42. The molecule has 0 fully saturated rings. The largest absolute Gasteiger partial charge is 0.369 e. The van der Waals surface area contributed by atoms with Gasteiger partial charge in [-0.3, -0.25) is 9.89 Å². The Kier molecular flexibility index (Phi) is 4.91. The number of hydrogen-bond donors (Lipinski definition) is 1. The monoisotopic (exact) mass is 329 g/mol. The van der Waals surface area contributed by atoms with Crippen molar-refractivity contribution in [1.82, 2.24) is 15.1 Å². The molecular weight excluding hydrogens is 306 g/mol. The standard InChI is InChI=1S/C14H23N3O4S/c1-5-17(6-7-22(4,19)20)14(18)13-11-8-9(2)21-10(3)12(11)15-16-13/h9-10H,5-8H2,1-4H3,(H,15,16)/t9-,10+/m0/s1. The van der Waals surface area contributed by atoms with Gasteiger partial charge in [-0.25, -0.2) is 8.42 Å².